The molecular formula is C12H22O3. The summed E-state index contributed by atoms with van der Waals surface area (Å²) in [6, 6.07) is 0. The van der Waals surface area contributed by atoms with Gasteiger partial charge in [0.05, 0.1) is 18.3 Å². The summed E-state index contributed by atoms with van der Waals surface area (Å²) in [4.78, 5) is 0. The molecule has 0 spiro atoms. The van der Waals surface area contributed by atoms with Crippen LogP contribution < -0.4 is 0 Å². The molecule has 2 atom stereocenters. The maximum Gasteiger partial charge on any atom is 0.110 e. The molecule has 2 aliphatic rings. The first kappa shape index (κ1) is 11.4. The average molecular weight is 214 g/mol. The number of hydrogen-bond acceptors (Lipinski definition) is 3. The van der Waals surface area contributed by atoms with E-state index in [1.807, 2.05) is 0 Å². The summed E-state index contributed by atoms with van der Waals surface area (Å²) in [5.41, 5.74) is 0. The van der Waals surface area contributed by atoms with Crippen molar-refractivity contribution in [1.29, 1.82) is 0 Å². The summed E-state index contributed by atoms with van der Waals surface area (Å²) < 4.78 is 17.4. The molecule has 2 rings (SSSR count). The van der Waals surface area contributed by atoms with Gasteiger partial charge < -0.3 is 14.2 Å². The van der Waals surface area contributed by atoms with Crippen molar-refractivity contribution < 1.29 is 14.2 Å². The standard InChI is InChI=1S/C12H22O3/c1-9(2)15-12(10-5-3-7-13-10)11-6-4-8-14-11/h9-12H,3-8H2,1-2H3. The highest BCUT2D eigenvalue weighted by Crippen LogP contribution is 2.27. The quantitative estimate of drug-likeness (QED) is 0.717. The Kier molecular flexibility index (Phi) is 4.00. The van der Waals surface area contributed by atoms with Crippen LogP contribution in [0, 0.1) is 0 Å². The van der Waals surface area contributed by atoms with Gasteiger partial charge in [0.15, 0.2) is 0 Å². The fourth-order valence-electron chi connectivity index (χ4n) is 2.45. The van der Waals surface area contributed by atoms with Crippen LogP contribution >= 0.6 is 0 Å². The van der Waals surface area contributed by atoms with Gasteiger partial charge in [0.2, 0.25) is 0 Å². The largest absolute Gasteiger partial charge is 0.375 e. The third kappa shape index (κ3) is 2.92. The summed E-state index contributed by atoms with van der Waals surface area (Å²) in [6.45, 7) is 5.93. The molecule has 0 aromatic rings. The average Bonchev–Trinajstić information content (AvgIpc) is 2.87. The molecule has 0 aliphatic carbocycles. The van der Waals surface area contributed by atoms with Gasteiger partial charge in [0, 0.05) is 13.2 Å². The Morgan fingerprint density at radius 2 is 1.53 bits per heavy atom. The molecule has 88 valence electrons. The smallest absolute Gasteiger partial charge is 0.110 e. The summed E-state index contributed by atoms with van der Waals surface area (Å²) in [7, 11) is 0. The second-order valence-corrected chi connectivity index (χ2v) is 4.75. The molecule has 2 fully saturated rings. The molecule has 15 heavy (non-hydrogen) atoms. The van der Waals surface area contributed by atoms with Gasteiger partial charge >= 0.3 is 0 Å². The van der Waals surface area contributed by atoms with Crippen molar-refractivity contribution in [3.8, 4) is 0 Å². The number of rotatable bonds is 4. The van der Waals surface area contributed by atoms with E-state index in [0.29, 0.717) is 0 Å². The second kappa shape index (κ2) is 5.28. The van der Waals surface area contributed by atoms with Crippen molar-refractivity contribution in [2.75, 3.05) is 13.2 Å². The van der Waals surface area contributed by atoms with E-state index < -0.39 is 0 Å². The lowest BCUT2D eigenvalue weighted by atomic mass is 10.0. The van der Waals surface area contributed by atoms with Gasteiger partial charge in [-0.3, -0.25) is 0 Å². The zero-order valence-corrected chi connectivity index (χ0v) is 9.78. The molecule has 0 aromatic carbocycles. The lowest BCUT2D eigenvalue weighted by Gasteiger charge is -2.29. The molecule has 0 radical (unpaired) electrons. The predicted octanol–water partition coefficient (Wildman–Crippen LogP) is 2.14. The van der Waals surface area contributed by atoms with Crippen LogP contribution in [0.4, 0.5) is 0 Å². The topological polar surface area (TPSA) is 27.7 Å². The van der Waals surface area contributed by atoms with Crippen LogP contribution in [-0.2, 0) is 14.2 Å². The Bertz CT molecular complexity index is 165. The van der Waals surface area contributed by atoms with E-state index in [1.54, 1.807) is 0 Å². The summed E-state index contributed by atoms with van der Waals surface area (Å²) in [5, 5.41) is 0. The normalized spacial score (nSPS) is 33.8. The molecule has 2 saturated heterocycles. The second-order valence-electron chi connectivity index (χ2n) is 4.75. The first-order chi connectivity index (χ1) is 7.27. The Balaban J connectivity index is 1.94. The zero-order valence-electron chi connectivity index (χ0n) is 9.78. The van der Waals surface area contributed by atoms with E-state index in [-0.39, 0.29) is 24.4 Å². The van der Waals surface area contributed by atoms with Crippen molar-refractivity contribution in [2.45, 2.75) is 63.9 Å². The van der Waals surface area contributed by atoms with E-state index in [1.165, 1.54) is 0 Å². The van der Waals surface area contributed by atoms with Crippen LogP contribution in [0.15, 0.2) is 0 Å². The Hall–Kier alpha value is -0.120. The third-order valence-corrected chi connectivity index (χ3v) is 3.09. The number of hydrogen-bond donors (Lipinski definition) is 0. The van der Waals surface area contributed by atoms with Crippen molar-refractivity contribution in [3.05, 3.63) is 0 Å². The van der Waals surface area contributed by atoms with Crippen molar-refractivity contribution >= 4 is 0 Å². The lowest BCUT2D eigenvalue weighted by molar-refractivity contribution is -0.129. The first-order valence-electron chi connectivity index (χ1n) is 6.16. The Labute approximate surface area is 92.1 Å². The van der Waals surface area contributed by atoms with Gasteiger partial charge in [-0.25, -0.2) is 0 Å². The van der Waals surface area contributed by atoms with E-state index in [4.69, 9.17) is 14.2 Å². The van der Waals surface area contributed by atoms with Gasteiger partial charge in [-0.2, -0.15) is 0 Å². The summed E-state index contributed by atoms with van der Waals surface area (Å²) in [5.74, 6) is 0. The molecule has 0 N–H and O–H groups in total. The van der Waals surface area contributed by atoms with Crippen LogP contribution in [0.3, 0.4) is 0 Å². The van der Waals surface area contributed by atoms with Gasteiger partial charge in [-0.15, -0.1) is 0 Å². The minimum absolute atomic E-state index is 0.148. The lowest BCUT2D eigenvalue weighted by Crippen LogP contribution is -2.40. The summed E-state index contributed by atoms with van der Waals surface area (Å²) >= 11 is 0. The Morgan fingerprint density at radius 1 is 1.00 bits per heavy atom. The monoisotopic (exact) mass is 214 g/mol. The Morgan fingerprint density at radius 3 is 1.87 bits per heavy atom. The SMILES string of the molecule is CC(C)OC(C1CCCO1)C1CCCO1. The highest BCUT2D eigenvalue weighted by molar-refractivity contribution is 4.85. The molecule has 0 aromatic heterocycles. The zero-order chi connectivity index (χ0) is 10.7. The molecule has 3 nitrogen and oxygen atoms in total. The highest BCUT2D eigenvalue weighted by atomic mass is 16.6. The molecule has 0 saturated carbocycles. The molecule has 0 bridgehead atoms. The van der Waals surface area contributed by atoms with Gasteiger partial charge in [0.25, 0.3) is 0 Å². The molecular weight excluding hydrogens is 192 g/mol. The van der Waals surface area contributed by atoms with Gasteiger partial charge in [-0.1, -0.05) is 0 Å². The molecule has 3 heteroatoms. The van der Waals surface area contributed by atoms with E-state index in [0.717, 1.165) is 38.9 Å². The van der Waals surface area contributed by atoms with Crippen molar-refractivity contribution in [2.24, 2.45) is 0 Å². The fourth-order valence-corrected chi connectivity index (χ4v) is 2.45. The van der Waals surface area contributed by atoms with Crippen molar-refractivity contribution in [1.82, 2.24) is 0 Å². The maximum absolute atomic E-state index is 5.97. The number of ether oxygens (including phenoxy) is 3. The van der Waals surface area contributed by atoms with Crippen LogP contribution in [0.2, 0.25) is 0 Å². The predicted molar refractivity (Wildman–Crippen MR) is 58.0 cm³/mol. The van der Waals surface area contributed by atoms with E-state index >= 15 is 0 Å². The molecule has 2 aliphatic heterocycles. The summed E-state index contributed by atoms with van der Waals surface area (Å²) in [6.07, 6.45) is 5.49. The fraction of sp³-hybridized carbons (Fsp3) is 1.00. The minimum Gasteiger partial charge on any atom is -0.375 e. The molecule has 0 amide bonds. The highest BCUT2D eigenvalue weighted by Gasteiger charge is 2.36. The van der Waals surface area contributed by atoms with Crippen LogP contribution in [0.25, 0.3) is 0 Å². The first-order valence-corrected chi connectivity index (χ1v) is 6.16. The van der Waals surface area contributed by atoms with Crippen molar-refractivity contribution in [3.63, 3.8) is 0 Å². The van der Waals surface area contributed by atoms with Crippen LogP contribution in [0.5, 0.6) is 0 Å². The van der Waals surface area contributed by atoms with E-state index in [9.17, 15) is 0 Å². The van der Waals surface area contributed by atoms with E-state index in [2.05, 4.69) is 13.8 Å². The van der Waals surface area contributed by atoms with Crippen LogP contribution in [0.1, 0.15) is 39.5 Å². The molecule has 2 heterocycles. The maximum atomic E-state index is 5.97. The van der Waals surface area contributed by atoms with Gasteiger partial charge in [0.1, 0.15) is 6.10 Å². The van der Waals surface area contributed by atoms with Crippen LogP contribution in [-0.4, -0.2) is 37.6 Å². The minimum atomic E-state index is 0.148. The third-order valence-electron chi connectivity index (χ3n) is 3.09. The van der Waals surface area contributed by atoms with Gasteiger partial charge in [-0.05, 0) is 39.5 Å². The molecule has 2 unspecified atom stereocenters.